The molecule has 1 saturated heterocycles. The average Bonchev–Trinajstić information content (AvgIpc) is 3.05. The van der Waals surface area contributed by atoms with E-state index in [1.165, 1.54) is 6.92 Å². The molecule has 3 amide bonds. The molecule has 1 aliphatic carbocycles. The maximum atomic E-state index is 13.3. The summed E-state index contributed by atoms with van der Waals surface area (Å²) in [6.45, 7) is 1.40. The van der Waals surface area contributed by atoms with E-state index >= 15 is 0 Å². The van der Waals surface area contributed by atoms with E-state index in [0.717, 1.165) is 22.9 Å². The molecule has 2 fully saturated rings. The second kappa shape index (κ2) is 7.41. The highest BCUT2D eigenvalue weighted by molar-refractivity contribution is 5.90. The Bertz CT molecular complexity index is 1000. The molecule has 0 spiro atoms. The topological polar surface area (TPSA) is 163 Å². The first-order valence-electron chi connectivity index (χ1n) is 10.1. The number of carbonyl (C=O) groups excluding carboxylic acids is 3. The predicted octanol–water partition coefficient (Wildman–Crippen LogP) is -0.717. The Labute approximate surface area is 173 Å². The van der Waals surface area contributed by atoms with Gasteiger partial charge in [-0.3, -0.25) is 19.7 Å². The standard InChI is InChI=1S/C21H27N5O4/c1-10(27)17(19(23)29)25-20(30)14(21-8-12(21)7-16(26-21)18(22)28)6-11-9-24-15-5-3-2-4-13(11)15/h2-5,9-10,12,14,16-17,24,26-27H,6-8H2,1H3,(H2,22,28)(H2,23,29)(H,25,30)/t10-,12?,14-,16?,17+,21?/m1/s1. The molecule has 6 atom stereocenters. The van der Waals surface area contributed by atoms with Gasteiger partial charge in [0.1, 0.15) is 6.04 Å². The third-order valence-corrected chi connectivity index (χ3v) is 6.58. The van der Waals surface area contributed by atoms with Crippen molar-refractivity contribution in [2.75, 3.05) is 0 Å². The van der Waals surface area contributed by atoms with Crippen molar-refractivity contribution in [1.82, 2.24) is 15.6 Å². The van der Waals surface area contributed by atoms with Crippen LogP contribution in [-0.4, -0.2) is 51.5 Å². The number of rotatable bonds is 8. The summed E-state index contributed by atoms with van der Waals surface area (Å²) >= 11 is 0. The van der Waals surface area contributed by atoms with E-state index in [9.17, 15) is 19.5 Å². The molecule has 8 N–H and O–H groups in total. The van der Waals surface area contributed by atoms with Crippen LogP contribution in [0, 0.1) is 11.8 Å². The maximum absolute atomic E-state index is 13.3. The van der Waals surface area contributed by atoms with E-state index in [2.05, 4.69) is 15.6 Å². The van der Waals surface area contributed by atoms with Crippen LogP contribution in [0.25, 0.3) is 10.9 Å². The molecule has 2 aliphatic rings. The number of aromatic nitrogens is 1. The van der Waals surface area contributed by atoms with Gasteiger partial charge in [0.15, 0.2) is 0 Å². The van der Waals surface area contributed by atoms with E-state index < -0.39 is 41.5 Å². The molecule has 9 heteroatoms. The third kappa shape index (κ3) is 3.44. The molecule has 1 aromatic heterocycles. The number of hydrogen-bond donors (Lipinski definition) is 6. The number of fused-ring (bicyclic) bond motifs is 2. The van der Waals surface area contributed by atoms with E-state index in [4.69, 9.17) is 11.5 Å². The largest absolute Gasteiger partial charge is 0.391 e. The Morgan fingerprint density at radius 1 is 1.30 bits per heavy atom. The summed E-state index contributed by atoms with van der Waals surface area (Å²) in [5, 5.41) is 16.8. The zero-order chi connectivity index (χ0) is 21.6. The first kappa shape index (κ1) is 20.4. The third-order valence-electron chi connectivity index (χ3n) is 6.58. The van der Waals surface area contributed by atoms with Crippen molar-refractivity contribution in [3.63, 3.8) is 0 Å². The first-order valence-corrected chi connectivity index (χ1v) is 10.1. The SMILES string of the molecule is C[C@@H](O)[C@H](NC(=O)[C@@H](Cc1c[nH]c2ccccc12)C12CC1CC(C(N)=O)N2)C(N)=O. The fourth-order valence-corrected chi connectivity index (χ4v) is 4.91. The van der Waals surface area contributed by atoms with Gasteiger partial charge in [0.2, 0.25) is 17.7 Å². The number of hydrogen-bond acceptors (Lipinski definition) is 5. The summed E-state index contributed by atoms with van der Waals surface area (Å²) < 4.78 is 0. The van der Waals surface area contributed by atoms with Crippen LogP contribution in [-0.2, 0) is 20.8 Å². The summed E-state index contributed by atoms with van der Waals surface area (Å²) in [4.78, 5) is 40.0. The average molecular weight is 413 g/mol. The number of nitrogens with two attached hydrogens (primary N) is 2. The number of primary amides is 2. The maximum Gasteiger partial charge on any atom is 0.242 e. The summed E-state index contributed by atoms with van der Waals surface area (Å²) in [6, 6.07) is 6.13. The van der Waals surface area contributed by atoms with Crippen LogP contribution >= 0.6 is 0 Å². The molecule has 3 unspecified atom stereocenters. The van der Waals surface area contributed by atoms with Crippen molar-refractivity contribution in [3.05, 3.63) is 36.0 Å². The van der Waals surface area contributed by atoms with Crippen molar-refractivity contribution in [3.8, 4) is 0 Å². The van der Waals surface area contributed by atoms with Gasteiger partial charge >= 0.3 is 0 Å². The lowest BCUT2D eigenvalue weighted by Crippen LogP contribution is -2.56. The Kier molecular flexibility index (Phi) is 5.03. The Morgan fingerprint density at radius 2 is 2.03 bits per heavy atom. The molecule has 160 valence electrons. The van der Waals surface area contributed by atoms with Gasteiger partial charge in [0.25, 0.3) is 0 Å². The minimum atomic E-state index is -1.19. The molecule has 2 aromatic rings. The second-order valence-electron chi connectivity index (χ2n) is 8.52. The lowest BCUT2D eigenvalue weighted by molar-refractivity contribution is -0.133. The molecule has 30 heavy (non-hydrogen) atoms. The number of nitrogens with one attached hydrogen (secondary N) is 3. The number of aromatic amines is 1. The van der Waals surface area contributed by atoms with Crippen LogP contribution in [0.4, 0.5) is 0 Å². The van der Waals surface area contributed by atoms with Gasteiger partial charge in [0.05, 0.1) is 18.1 Å². The van der Waals surface area contributed by atoms with Crippen LogP contribution in [0.3, 0.4) is 0 Å². The second-order valence-corrected chi connectivity index (χ2v) is 8.52. The van der Waals surface area contributed by atoms with Crippen LogP contribution in [0.15, 0.2) is 30.5 Å². The Hall–Kier alpha value is -2.91. The molecular weight excluding hydrogens is 386 g/mol. The molecule has 4 rings (SSSR count). The lowest BCUT2D eigenvalue weighted by atomic mass is 9.87. The first-order chi connectivity index (χ1) is 14.2. The van der Waals surface area contributed by atoms with E-state index in [1.807, 2.05) is 30.5 Å². The van der Waals surface area contributed by atoms with Gasteiger partial charge in [-0.05, 0) is 43.7 Å². The molecule has 1 aromatic carbocycles. The van der Waals surface area contributed by atoms with Gasteiger partial charge in [-0.15, -0.1) is 0 Å². The fourth-order valence-electron chi connectivity index (χ4n) is 4.91. The number of carbonyl (C=O) groups is 3. The van der Waals surface area contributed by atoms with Crippen LogP contribution in [0.2, 0.25) is 0 Å². The minimum Gasteiger partial charge on any atom is -0.391 e. The number of aliphatic hydroxyl groups excluding tert-OH is 1. The van der Waals surface area contributed by atoms with Crippen LogP contribution in [0.5, 0.6) is 0 Å². The molecule has 2 heterocycles. The Balaban J connectivity index is 1.65. The monoisotopic (exact) mass is 413 g/mol. The highest BCUT2D eigenvalue weighted by Gasteiger charge is 2.66. The summed E-state index contributed by atoms with van der Waals surface area (Å²) in [6.07, 6.45) is 2.48. The highest BCUT2D eigenvalue weighted by Crippen LogP contribution is 2.57. The normalized spacial score (nSPS) is 27.8. The molecule has 9 nitrogen and oxygen atoms in total. The number of benzene rings is 1. The van der Waals surface area contributed by atoms with Gasteiger partial charge in [-0.1, -0.05) is 18.2 Å². The zero-order valence-electron chi connectivity index (χ0n) is 16.7. The predicted molar refractivity (Wildman–Crippen MR) is 110 cm³/mol. The number of para-hydroxylation sites is 1. The number of H-pyrrole nitrogens is 1. The van der Waals surface area contributed by atoms with Crippen LogP contribution < -0.4 is 22.1 Å². The van der Waals surface area contributed by atoms with E-state index in [0.29, 0.717) is 12.8 Å². The number of piperidine rings is 1. The van der Waals surface area contributed by atoms with Gasteiger partial charge in [0, 0.05) is 22.6 Å². The number of aliphatic hydroxyl groups is 1. The van der Waals surface area contributed by atoms with Crippen LogP contribution in [0.1, 0.15) is 25.3 Å². The molecule has 0 radical (unpaired) electrons. The smallest absolute Gasteiger partial charge is 0.242 e. The fraction of sp³-hybridized carbons (Fsp3) is 0.476. The van der Waals surface area contributed by atoms with Crippen molar-refractivity contribution in [2.24, 2.45) is 23.3 Å². The van der Waals surface area contributed by atoms with E-state index in [-0.39, 0.29) is 11.8 Å². The van der Waals surface area contributed by atoms with Gasteiger partial charge < -0.3 is 26.9 Å². The van der Waals surface area contributed by atoms with Crippen molar-refractivity contribution >= 4 is 28.6 Å². The van der Waals surface area contributed by atoms with Crippen molar-refractivity contribution in [2.45, 2.75) is 49.9 Å². The zero-order valence-corrected chi connectivity index (χ0v) is 16.7. The molecule has 1 saturated carbocycles. The molecule has 0 bridgehead atoms. The minimum absolute atomic E-state index is 0.148. The number of amides is 3. The molecule has 1 aliphatic heterocycles. The van der Waals surface area contributed by atoms with Crippen molar-refractivity contribution in [1.29, 1.82) is 0 Å². The van der Waals surface area contributed by atoms with Gasteiger partial charge in [-0.25, -0.2) is 0 Å². The Morgan fingerprint density at radius 3 is 2.67 bits per heavy atom. The highest BCUT2D eigenvalue weighted by atomic mass is 16.3. The lowest BCUT2D eigenvalue weighted by Gasteiger charge is -2.29. The van der Waals surface area contributed by atoms with Gasteiger partial charge in [-0.2, -0.15) is 0 Å². The summed E-state index contributed by atoms with van der Waals surface area (Å²) in [5.41, 5.74) is 12.2. The van der Waals surface area contributed by atoms with E-state index in [1.54, 1.807) is 0 Å². The quantitative estimate of drug-likeness (QED) is 0.336. The molecular formula is C21H27N5O4. The van der Waals surface area contributed by atoms with Crippen molar-refractivity contribution < 1.29 is 19.5 Å². The summed E-state index contributed by atoms with van der Waals surface area (Å²) in [5.74, 6) is -2.04. The summed E-state index contributed by atoms with van der Waals surface area (Å²) in [7, 11) is 0.